The molecule has 3 aromatic heterocycles. The van der Waals surface area contributed by atoms with Gasteiger partial charge in [-0.3, -0.25) is 4.57 Å². The van der Waals surface area contributed by atoms with Crippen LogP contribution < -0.4 is 10.5 Å². The number of pyridine rings is 2. The lowest BCUT2D eigenvalue weighted by Crippen LogP contribution is -2.02. The largest absolute Gasteiger partial charge is 0.446 e. The number of hydrogen-bond donors (Lipinski definition) is 1. The SMILES string of the molecule is CCc1ccc(-n2c(-c3cccnc3N)nc3ccc(OCF)nc32)cc1. The molecule has 3 heterocycles. The van der Waals surface area contributed by atoms with Crippen LogP contribution >= 0.6 is 0 Å². The summed E-state index contributed by atoms with van der Waals surface area (Å²) in [5.41, 5.74) is 10.1. The van der Waals surface area contributed by atoms with Crippen molar-refractivity contribution in [3.63, 3.8) is 0 Å². The Kier molecular flexibility index (Phi) is 4.42. The van der Waals surface area contributed by atoms with Crippen molar-refractivity contribution in [2.24, 2.45) is 0 Å². The van der Waals surface area contributed by atoms with Gasteiger partial charge < -0.3 is 10.5 Å². The van der Waals surface area contributed by atoms with Crippen molar-refractivity contribution >= 4 is 17.0 Å². The number of fused-ring (bicyclic) bond motifs is 1. The second-order valence-electron chi connectivity index (χ2n) is 5.97. The standard InChI is InChI=1S/C20H18FN5O/c1-2-13-5-7-14(8-6-13)26-19(15-4-3-11-23-18(15)22)24-16-9-10-17(27-12-21)25-20(16)26/h3-11H,2,12H2,1H3,(H2,22,23). The molecule has 7 heteroatoms. The molecule has 0 spiro atoms. The molecule has 27 heavy (non-hydrogen) atoms. The van der Waals surface area contributed by atoms with Crippen LogP contribution in [0.3, 0.4) is 0 Å². The number of ether oxygens (including phenoxy) is 1. The first kappa shape index (κ1) is 17.0. The second-order valence-corrected chi connectivity index (χ2v) is 5.97. The van der Waals surface area contributed by atoms with Crippen LogP contribution in [0.2, 0.25) is 0 Å². The Morgan fingerprint density at radius 2 is 1.89 bits per heavy atom. The lowest BCUT2D eigenvalue weighted by atomic mass is 10.1. The minimum Gasteiger partial charge on any atom is -0.446 e. The number of nitrogen functional groups attached to an aromatic ring is 1. The first-order valence-corrected chi connectivity index (χ1v) is 8.59. The zero-order valence-corrected chi connectivity index (χ0v) is 14.8. The molecule has 4 rings (SSSR count). The molecule has 0 unspecified atom stereocenters. The van der Waals surface area contributed by atoms with E-state index in [0.29, 0.717) is 28.4 Å². The van der Waals surface area contributed by atoms with Crippen LogP contribution in [0.4, 0.5) is 10.2 Å². The molecule has 0 saturated heterocycles. The summed E-state index contributed by atoms with van der Waals surface area (Å²) in [6.07, 6.45) is 2.58. The van der Waals surface area contributed by atoms with Crippen molar-refractivity contribution in [2.45, 2.75) is 13.3 Å². The van der Waals surface area contributed by atoms with E-state index in [4.69, 9.17) is 15.5 Å². The Morgan fingerprint density at radius 1 is 1.07 bits per heavy atom. The summed E-state index contributed by atoms with van der Waals surface area (Å²) in [7, 11) is 0. The summed E-state index contributed by atoms with van der Waals surface area (Å²) in [6.45, 7) is 1.16. The van der Waals surface area contributed by atoms with Gasteiger partial charge in [0.25, 0.3) is 0 Å². The number of benzene rings is 1. The molecule has 0 atom stereocenters. The highest BCUT2D eigenvalue weighted by Gasteiger charge is 2.18. The number of rotatable bonds is 5. The van der Waals surface area contributed by atoms with Gasteiger partial charge >= 0.3 is 0 Å². The maximum atomic E-state index is 12.6. The maximum absolute atomic E-state index is 12.6. The fourth-order valence-corrected chi connectivity index (χ4v) is 2.99. The van der Waals surface area contributed by atoms with Crippen LogP contribution in [-0.2, 0) is 6.42 Å². The van der Waals surface area contributed by atoms with Gasteiger partial charge in [0.2, 0.25) is 12.7 Å². The van der Waals surface area contributed by atoms with Gasteiger partial charge in [0.15, 0.2) is 11.5 Å². The van der Waals surface area contributed by atoms with Gasteiger partial charge in [0.05, 0.1) is 5.56 Å². The Hall–Kier alpha value is -3.48. The van der Waals surface area contributed by atoms with Crippen LogP contribution in [-0.4, -0.2) is 26.4 Å². The number of aromatic nitrogens is 4. The van der Waals surface area contributed by atoms with Crippen LogP contribution in [0.5, 0.6) is 5.88 Å². The van der Waals surface area contributed by atoms with Crippen molar-refractivity contribution < 1.29 is 9.13 Å². The first-order valence-electron chi connectivity index (χ1n) is 8.59. The highest BCUT2D eigenvalue weighted by atomic mass is 19.1. The summed E-state index contributed by atoms with van der Waals surface area (Å²) in [5.74, 6) is 1.19. The quantitative estimate of drug-likeness (QED) is 0.581. The molecule has 0 aliphatic rings. The number of alkyl halides is 1. The van der Waals surface area contributed by atoms with Gasteiger partial charge in [-0.2, -0.15) is 4.98 Å². The van der Waals surface area contributed by atoms with Gasteiger partial charge in [-0.1, -0.05) is 19.1 Å². The van der Waals surface area contributed by atoms with Gasteiger partial charge in [-0.15, -0.1) is 0 Å². The smallest absolute Gasteiger partial charge is 0.230 e. The third-order valence-corrected chi connectivity index (χ3v) is 4.36. The third kappa shape index (κ3) is 3.08. The Bertz CT molecular complexity index is 1090. The number of nitrogens with zero attached hydrogens (tertiary/aromatic N) is 4. The highest BCUT2D eigenvalue weighted by molar-refractivity contribution is 5.83. The topological polar surface area (TPSA) is 78.9 Å². The molecule has 0 amide bonds. The molecule has 0 fully saturated rings. The Balaban J connectivity index is 2.00. The molecular weight excluding hydrogens is 345 g/mol. The molecule has 0 bridgehead atoms. The molecule has 136 valence electrons. The van der Waals surface area contributed by atoms with Crippen LogP contribution in [0.1, 0.15) is 12.5 Å². The lowest BCUT2D eigenvalue weighted by molar-refractivity contribution is 0.185. The number of hydrogen-bond acceptors (Lipinski definition) is 5. The van der Waals surface area contributed by atoms with Gasteiger partial charge in [0, 0.05) is 18.0 Å². The molecule has 4 aromatic rings. The van der Waals surface area contributed by atoms with Crippen molar-refractivity contribution in [3.05, 3.63) is 60.3 Å². The number of imidazole rings is 1. The predicted octanol–water partition coefficient (Wildman–Crippen LogP) is 3.93. The zero-order valence-electron chi connectivity index (χ0n) is 14.8. The molecule has 2 N–H and O–H groups in total. The van der Waals surface area contributed by atoms with E-state index >= 15 is 0 Å². The average molecular weight is 363 g/mol. The molecule has 0 aliphatic heterocycles. The Labute approximate surface area is 155 Å². The fourth-order valence-electron chi connectivity index (χ4n) is 2.99. The zero-order chi connectivity index (χ0) is 18.8. The predicted molar refractivity (Wildman–Crippen MR) is 102 cm³/mol. The van der Waals surface area contributed by atoms with Gasteiger partial charge in [-0.25, -0.2) is 14.4 Å². The van der Waals surface area contributed by atoms with Crippen LogP contribution in [0.15, 0.2) is 54.7 Å². The van der Waals surface area contributed by atoms with E-state index in [9.17, 15) is 4.39 Å². The molecule has 1 aromatic carbocycles. The van der Waals surface area contributed by atoms with Gasteiger partial charge in [0.1, 0.15) is 11.3 Å². The van der Waals surface area contributed by atoms with Crippen LogP contribution in [0.25, 0.3) is 28.2 Å². The van der Waals surface area contributed by atoms with Crippen molar-refractivity contribution in [1.82, 2.24) is 19.5 Å². The summed E-state index contributed by atoms with van der Waals surface area (Å²) >= 11 is 0. The molecular formula is C20H18FN5O. The molecule has 6 nitrogen and oxygen atoms in total. The number of aryl methyl sites for hydroxylation is 1. The minimum atomic E-state index is -0.944. The van der Waals surface area contributed by atoms with E-state index in [1.54, 1.807) is 24.4 Å². The number of anilines is 1. The second kappa shape index (κ2) is 7.03. The summed E-state index contributed by atoms with van der Waals surface area (Å²) < 4.78 is 19.4. The lowest BCUT2D eigenvalue weighted by Gasteiger charge is -2.11. The summed E-state index contributed by atoms with van der Waals surface area (Å²) in [6, 6.07) is 15.1. The summed E-state index contributed by atoms with van der Waals surface area (Å²) in [4.78, 5) is 13.3. The maximum Gasteiger partial charge on any atom is 0.230 e. The van der Waals surface area contributed by atoms with E-state index < -0.39 is 6.86 Å². The van der Waals surface area contributed by atoms with E-state index in [1.165, 1.54) is 5.56 Å². The van der Waals surface area contributed by atoms with E-state index in [0.717, 1.165) is 12.1 Å². The van der Waals surface area contributed by atoms with E-state index in [1.807, 2.05) is 22.8 Å². The van der Waals surface area contributed by atoms with Crippen molar-refractivity contribution in [2.75, 3.05) is 12.6 Å². The third-order valence-electron chi connectivity index (χ3n) is 4.36. The van der Waals surface area contributed by atoms with Crippen LogP contribution in [0, 0.1) is 0 Å². The minimum absolute atomic E-state index is 0.196. The van der Waals surface area contributed by atoms with Crippen molar-refractivity contribution in [3.8, 4) is 23.0 Å². The van der Waals surface area contributed by atoms with Crippen molar-refractivity contribution in [1.29, 1.82) is 0 Å². The van der Waals surface area contributed by atoms with E-state index in [-0.39, 0.29) is 5.88 Å². The number of nitrogens with two attached hydrogens (primary N) is 1. The number of halogens is 1. The average Bonchev–Trinajstić information content (AvgIpc) is 3.07. The normalized spacial score (nSPS) is 11.0. The summed E-state index contributed by atoms with van der Waals surface area (Å²) in [5, 5.41) is 0. The molecule has 0 radical (unpaired) electrons. The molecule has 0 aliphatic carbocycles. The monoisotopic (exact) mass is 363 g/mol. The highest BCUT2D eigenvalue weighted by Crippen LogP contribution is 2.31. The van der Waals surface area contributed by atoms with E-state index in [2.05, 4.69) is 29.0 Å². The fraction of sp³-hybridized carbons (Fsp3) is 0.150. The Morgan fingerprint density at radius 3 is 2.59 bits per heavy atom. The van der Waals surface area contributed by atoms with Gasteiger partial charge in [-0.05, 0) is 42.3 Å². The first-order chi connectivity index (χ1) is 13.2. The molecule has 0 saturated carbocycles.